The van der Waals surface area contributed by atoms with Crippen LogP contribution in [0.3, 0.4) is 0 Å². The lowest BCUT2D eigenvalue weighted by Gasteiger charge is -2.13. The molecule has 4 rings (SSSR count). The number of hydrogen-bond donors (Lipinski definition) is 1. The summed E-state index contributed by atoms with van der Waals surface area (Å²) in [5.41, 5.74) is 3.75. The van der Waals surface area contributed by atoms with Gasteiger partial charge >= 0.3 is 0 Å². The van der Waals surface area contributed by atoms with Crippen LogP contribution < -0.4 is 10.1 Å². The van der Waals surface area contributed by atoms with E-state index in [4.69, 9.17) is 27.9 Å². The molecule has 148 valence electrons. The number of benzene rings is 2. The molecule has 30 heavy (non-hydrogen) atoms. The molecule has 4 aromatic rings. The van der Waals surface area contributed by atoms with Gasteiger partial charge < -0.3 is 10.1 Å². The SMILES string of the molecule is COc1cc(Nc2c(C#N)cnc3cc(-c4cccc(C=O)c4)sc23)c(Cl)cc1Cl. The van der Waals surface area contributed by atoms with Gasteiger partial charge in [0.2, 0.25) is 0 Å². The number of thiophene rings is 1. The molecule has 0 saturated carbocycles. The number of halogens is 2. The summed E-state index contributed by atoms with van der Waals surface area (Å²) in [4.78, 5) is 16.5. The summed E-state index contributed by atoms with van der Waals surface area (Å²) in [5.74, 6) is 0.463. The largest absolute Gasteiger partial charge is 0.495 e. The minimum absolute atomic E-state index is 0.377. The Balaban J connectivity index is 1.86. The number of methoxy groups -OCH3 is 1. The van der Waals surface area contributed by atoms with E-state index in [1.54, 1.807) is 18.2 Å². The fourth-order valence-electron chi connectivity index (χ4n) is 3.01. The van der Waals surface area contributed by atoms with Crippen molar-refractivity contribution in [3.8, 4) is 22.3 Å². The number of fused-ring (bicyclic) bond motifs is 1. The maximum Gasteiger partial charge on any atom is 0.150 e. The molecular weight excluding hydrogens is 441 g/mol. The minimum Gasteiger partial charge on any atom is -0.495 e. The van der Waals surface area contributed by atoms with Crippen LogP contribution in [0.1, 0.15) is 15.9 Å². The topological polar surface area (TPSA) is 75.0 Å². The average molecular weight is 454 g/mol. The maximum atomic E-state index is 11.1. The van der Waals surface area contributed by atoms with Crippen LogP contribution in [0, 0.1) is 11.3 Å². The third-order valence-corrected chi connectivity index (χ3v) is 6.27. The Bertz CT molecular complexity index is 1330. The molecule has 2 aromatic carbocycles. The second kappa shape index (κ2) is 8.33. The number of aromatic nitrogens is 1. The molecule has 0 atom stereocenters. The molecule has 0 aliphatic rings. The number of nitriles is 1. The number of nitrogens with one attached hydrogen (secondary N) is 1. The summed E-state index contributed by atoms with van der Waals surface area (Å²) in [5, 5.41) is 13.6. The summed E-state index contributed by atoms with van der Waals surface area (Å²) in [6.07, 6.45) is 2.33. The summed E-state index contributed by atoms with van der Waals surface area (Å²) in [7, 11) is 1.52. The van der Waals surface area contributed by atoms with E-state index >= 15 is 0 Å². The molecule has 0 fully saturated rings. The second-order valence-corrected chi connectivity index (χ2v) is 8.19. The fourth-order valence-corrected chi connectivity index (χ4v) is 4.63. The summed E-state index contributed by atoms with van der Waals surface area (Å²) < 4.78 is 6.07. The van der Waals surface area contributed by atoms with Crippen molar-refractivity contribution in [1.29, 1.82) is 5.26 Å². The number of ether oxygens (including phenoxy) is 1. The number of nitrogens with zero attached hydrogens (tertiary/aromatic N) is 2. The lowest BCUT2D eigenvalue weighted by atomic mass is 10.1. The number of pyridine rings is 1. The van der Waals surface area contributed by atoms with Gasteiger partial charge in [-0.25, -0.2) is 0 Å². The van der Waals surface area contributed by atoms with E-state index in [0.717, 1.165) is 26.9 Å². The first-order valence-electron chi connectivity index (χ1n) is 8.72. The van der Waals surface area contributed by atoms with Crippen molar-refractivity contribution in [3.63, 3.8) is 0 Å². The molecule has 0 aliphatic carbocycles. The quantitative estimate of drug-likeness (QED) is 0.340. The number of aldehydes is 1. The average Bonchev–Trinajstić information content (AvgIpc) is 3.20. The van der Waals surface area contributed by atoms with Crippen molar-refractivity contribution in [2.24, 2.45) is 0 Å². The number of carbonyl (C=O) groups excluding carboxylic acids is 1. The molecule has 1 N–H and O–H groups in total. The fraction of sp³-hybridized carbons (Fsp3) is 0.0455. The Hall–Kier alpha value is -3.11. The normalized spacial score (nSPS) is 10.6. The van der Waals surface area contributed by atoms with E-state index in [9.17, 15) is 10.1 Å². The van der Waals surface area contributed by atoms with Crippen LogP contribution in [-0.4, -0.2) is 18.4 Å². The zero-order valence-corrected chi connectivity index (χ0v) is 17.9. The Kier molecular flexibility index (Phi) is 5.60. The van der Waals surface area contributed by atoms with E-state index in [-0.39, 0.29) is 0 Å². The van der Waals surface area contributed by atoms with Crippen molar-refractivity contribution in [1.82, 2.24) is 4.98 Å². The van der Waals surface area contributed by atoms with E-state index in [1.165, 1.54) is 24.6 Å². The van der Waals surface area contributed by atoms with Crippen molar-refractivity contribution in [2.75, 3.05) is 12.4 Å². The predicted octanol–water partition coefficient (Wildman–Crippen LogP) is 6.71. The minimum atomic E-state index is 0.377. The van der Waals surface area contributed by atoms with Gasteiger partial charge in [-0.1, -0.05) is 41.4 Å². The van der Waals surface area contributed by atoms with Gasteiger partial charge in [0.05, 0.1) is 44.3 Å². The van der Waals surface area contributed by atoms with Gasteiger partial charge in [-0.3, -0.25) is 9.78 Å². The van der Waals surface area contributed by atoms with Crippen molar-refractivity contribution < 1.29 is 9.53 Å². The van der Waals surface area contributed by atoms with Gasteiger partial charge in [0, 0.05) is 22.7 Å². The van der Waals surface area contributed by atoms with Crippen molar-refractivity contribution >= 4 is 62.4 Å². The Labute approximate surface area is 186 Å². The van der Waals surface area contributed by atoms with E-state index in [2.05, 4.69) is 16.4 Å². The van der Waals surface area contributed by atoms with Gasteiger partial charge in [0.15, 0.2) is 0 Å². The molecule has 2 heterocycles. The standard InChI is InChI=1S/C22H13Cl2N3O2S/c1-29-19-7-17(15(23)6-16(19)24)27-21-14(9-25)10-26-18-8-20(30-22(18)21)13-4-2-3-12(5-13)11-28/h2-8,10-11H,1H3,(H,26,27). The molecule has 8 heteroatoms. The highest BCUT2D eigenvalue weighted by Crippen LogP contribution is 2.41. The van der Waals surface area contributed by atoms with Crippen LogP contribution in [0.5, 0.6) is 5.75 Å². The molecule has 0 amide bonds. The van der Waals surface area contributed by atoms with Crippen molar-refractivity contribution in [2.45, 2.75) is 0 Å². The summed E-state index contributed by atoms with van der Waals surface area (Å²) in [6.45, 7) is 0. The third kappa shape index (κ3) is 3.71. The summed E-state index contributed by atoms with van der Waals surface area (Å²) >= 11 is 14.0. The Morgan fingerprint density at radius 1 is 1.20 bits per heavy atom. The third-order valence-electron chi connectivity index (χ3n) is 4.47. The smallest absolute Gasteiger partial charge is 0.150 e. The van der Waals surface area contributed by atoms with Crippen LogP contribution in [0.15, 0.2) is 48.7 Å². The van der Waals surface area contributed by atoms with Crippen LogP contribution in [0.25, 0.3) is 20.7 Å². The Morgan fingerprint density at radius 3 is 2.77 bits per heavy atom. The number of hydrogen-bond acceptors (Lipinski definition) is 6. The molecule has 0 unspecified atom stereocenters. The van der Waals surface area contributed by atoms with E-state index in [0.29, 0.717) is 38.3 Å². The molecular formula is C22H13Cl2N3O2S. The lowest BCUT2D eigenvalue weighted by molar-refractivity contribution is 0.112. The first kappa shape index (κ1) is 20.2. The van der Waals surface area contributed by atoms with Gasteiger partial charge in [-0.2, -0.15) is 5.26 Å². The molecule has 2 aromatic heterocycles. The maximum absolute atomic E-state index is 11.1. The van der Waals surface area contributed by atoms with Crippen LogP contribution in [0.4, 0.5) is 11.4 Å². The van der Waals surface area contributed by atoms with Gasteiger partial charge in [0.1, 0.15) is 18.1 Å². The molecule has 0 aliphatic heterocycles. The van der Waals surface area contributed by atoms with Gasteiger partial charge in [-0.05, 0) is 23.8 Å². The highest BCUT2D eigenvalue weighted by molar-refractivity contribution is 7.22. The zero-order chi connectivity index (χ0) is 21.3. The molecule has 5 nitrogen and oxygen atoms in total. The van der Waals surface area contributed by atoms with E-state index in [1.807, 2.05) is 24.3 Å². The van der Waals surface area contributed by atoms with Gasteiger partial charge in [-0.15, -0.1) is 11.3 Å². The zero-order valence-electron chi connectivity index (χ0n) is 15.6. The highest BCUT2D eigenvalue weighted by Gasteiger charge is 2.16. The Morgan fingerprint density at radius 2 is 2.03 bits per heavy atom. The second-order valence-electron chi connectivity index (χ2n) is 6.32. The van der Waals surface area contributed by atoms with Crippen LogP contribution in [-0.2, 0) is 0 Å². The highest BCUT2D eigenvalue weighted by atomic mass is 35.5. The molecule has 0 bridgehead atoms. The first-order valence-corrected chi connectivity index (χ1v) is 10.3. The molecule has 0 spiro atoms. The molecule has 0 saturated heterocycles. The van der Waals surface area contributed by atoms with Gasteiger partial charge in [0.25, 0.3) is 0 Å². The summed E-state index contributed by atoms with van der Waals surface area (Å²) in [6, 6.07) is 14.7. The number of anilines is 2. The number of rotatable bonds is 5. The van der Waals surface area contributed by atoms with Crippen LogP contribution in [0.2, 0.25) is 10.0 Å². The van der Waals surface area contributed by atoms with Crippen molar-refractivity contribution in [3.05, 3.63) is 69.8 Å². The predicted molar refractivity (Wildman–Crippen MR) is 121 cm³/mol. The van der Waals surface area contributed by atoms with Crippen LogP contribution >= 0.6 is 34.5 Å². The number of carbonyl (C=O) groups is 1. The lowest BCUT2D eigenvalue weighted by Crippen LogP contribution is -1.97. The monoisotopic (exact) mass is 453 g/mol. The first-order chi connectivity index (χ1) is 14.5. The molecule has 0 radical (unpaired) electrons. The van der Waals surface area contributed by atoms with E-state index < -0.39 is 0 Å².